The Kier molecular flexibility index (Phi) is 3.79. The van der Waals surface area contributed by atoms with Gasteiger partial charge in [-0.3, -0.25) is 9.69 Å². The molecule has 0 fully saturated rings. The predicted octanol–water partition coefficient (Wildman–Crippen LogP) is 0.0471. The molecule has 1 rings (SSSR count). The van der Waals surface area contributed by atoms with Crippen molar-refractivity contribution in [2.45, 2.75) is 6.54 Å². The summed E-state index contributed by atoms with van der Waals surface area (Å²) < 4.78 is 0. The van der Waals surface area contributed by atoms with Gasteiger partial charge in [-0.25, -0.2) is 0 Å². The van der Waals surface area contributed by atoms with Crippen LogP contribution in [-0.4, -0.2) is 34.6 Å². The number of rotatable bonds is 4. The number of hydrogen-bond acceptors (Lipinski definition) is 4. The Morgan fingerprint density at radius 2 is 2.29 bits per heavy atom. The van der Waals surface area contributed by atoms with E-state index in [1.165, 1.54) is 0 Å². The van der Waals surface area contributed by atoms with Gasteiger partial charge in [-0.05, 0) is 19.2 Å². The van der Waals surface area contributed by atoms with E-state index >= 15 is 0 Å². The van der Waals surface area contributed by atoms with Crippen LogP contribution >= 0.6 is 11.6 Å². The average molecular weight is 215 g/mol. The van der Waals surface area contributed by atoms with Gasteiger partial charge in [0, 0.05) is 6.54 Å². The second-order valence-corrected chi connectivity index (χ2v) is 3.37. The van der Waals surface area contributed by atoms with Gasteiger partial charge in [0.25, 0.3) is 0 Å². The Balaban J connectivity index is 2.51. The lowest BCUT2D eigenvalue weighted by Crippen LogP contribution is -2.30. The molecule has 6 heteroatoms. The fourth-order valence-corrected chi connectivity index (χ4v) is 1.13. The summed E-state index contributed by atoms with van der Waals surface area (Å²) in [5.41, 5.74) is 5.78. The molecule has 0 atom stereocenters. The number of likely N-dealkylation sites (N-methyl/N-ethyl adjacent to an activating group) is 1. The third kappa shape index (κ3) is 3.68. The molecular weight excluding hydrogens is 204 g/mol. The van der Waals surface area contributed by atoms with Gasteiger partial charge in [-0.1, -0.05) is 11.6 Å². The molecule has 0 bridgehead atoms. The number of aromatic nitrogens is 2. The van der Waals surface area contributed by atoms with Crippen molar-refractivity contribution in [3.05, 3.63) is 23.0 Å². The van der Waals surface area contributed by atoms with E-state index in [9.17, 15) is 4.79 Å². The van der Waals surface area contributed by atoms with Crippen LogP contribution in [0.25, 0.3) is 0 Å². The van der Waals surface area contributed by atoms with E-state index in [0.29, 0.717) is 11.7 Å². The highest BCUT2D eigenvalue weighted by Gasteiger charge is 2.04. The van der Waals surface area contributed by atoms with Crippen LogP contribution in [0.4, 0.5) is 0 Å². The first-order valence-electron chi connectivity index (χ1n) is 4.03. The quantitative estimate of drug-likeness (QED) is 0.769. The summed E-state index contributed by atoms with van der Waals surface area (Å²) >= 11 is 5.57. The summed E-state index contributed by atoms with van der Waals surface area (Å²) in [6.07, 6.45) is 0. The molecule has 14 heavy (non-hydrogen) atoms. The Morgan fingerprint density at radius 3 is 2.79 bits per heavy atom. The molecule has 1 aromatic rings. The van der Waals surface area contributed by atoms with Gasteiger partial charge >= 0.3 is 0 Å². The minimum atomic E-state index is -0.366. The molecule has 5 nitrogen and oxygen atoms in total. The Hall–Kier alpha value is -1.20. The number of carbonyl (C=O) groups excluding carboxylic acids is 1. The number of halogens is 1. The van der Waals surface area contributed by atoms with Crippen LogP contribution in [0.2, 0.25) is 5.15 Å². The van der Waals surface area contributed by atoms with Crippen LogP contribution in [0.5, 0.6) is 0 Å². The first-order valence-corrected chi connectivity index (χ1v) is 4.40. The summed E-state index contributed by atoms with van der Waals surface area (Å²) in [7, 11) is 1.78. The molecule has 2 N–H and O–H groups in total. The number of hydrogen-bond donors (Lipinski definition) is 1. The average Bonchev–Trinajstić information content (AvgIpc) is 2.07. The van der Waals surface area contributed by atoms with Gasteiger partial charge in [0.2, 0.25) is 5.91 Å². The van der Waals surface area contributed by atoms with Crippen molar-refractivity contribution in [2.24, 2.45) is 5.73 Å². The maximum absolute atomic E-state index is 10.6. The minimum Gasteiger partial charge on any atom is -0.369 e. The standard InChI is InChI=1S/C8H11ClN4O/c1-13(5-8(10)14)4-6-2-3-7(9)12-11-6/h2-3H,4-5H2,1H3,(H2,10,14). The molecule has 76 valence electrons. The van der Waals surface area contributed by atoms with E-state index in [0.717, 1.165) is 5.69 Å². The highest BCUT2D eigenvalue weighted by molar-refractivity contribution is 6.29. The zero-order valence-corrected chi connectivity index (χ0v) is 8.53. The van der Waals surface area contributed by atoms with Gasteiger partial charge in [-0.15, -0.1) is 5.10 Å². The molecule has 1 heterocycles. The topological polar surface area (TPSA) is 72.1 Å². The van der Waals surface area contributed by atoms with Crippen LogP contribution in [0.15, 0.2) is 12.1 Å². The molecule has 0 aromatic carbocycles. The first-order chi connectivity index (χ1) is 6.58. The second kappa shape index (κ2) is 4.88. The summed E-state index contributed by atoms with van der Waals surface area (Å²) in [5.74, 6) is -0.366. The third-order valence-electron chi connectivity index (χ3n) is 1.54. The fourth-order valence-electron chi connectivity index (χ4n) is 1.03. The van der Waals surface area contributed by atoms with Crippen LogP contribution in [-0.2, 0) is 11.3 Å². The van der Waals surface area contributed by atoms with E-state index in [2.05, 4.69) is 10.2 Å². The molecule has 0 aliphatic heterocycles. The van der Waals surface area contributed by atoms with E-state index < -0.39 is 0 Å². The van der Waals surface area contributed by atoms with E-state index in [-0.39, 0.29) is 12.5 Å². The summed E-state index contributed by atoms with van der Waals surface area (Å²) in [5, 5.41) is 7.89. The van der Waals surface area contributed by atoms with Crippen LogP contribution < -0.4 is 5.73 Å². The first kappa shape index (κ1) is 10.9. The third-order valence-corrected chi connectivity index (χ3v) is 1.75. The zero-order chi connectivity index (χ0) is 10.6. The maximum Gasteiger partial charge on any atom is 0.231 e. The number of carbonyl (C=O) groups is 1. The van der Waals surface area contributed by atoms with Crippen LogP contribution in [0.3, 0.4) is 0 Å². The number of amides is 1. The van der Waals surface area contributed by atoms with Crippen molar-refractivity contribution < 1.29 is 4.79 Å². The normalized spacial score (nSPS) is 10.5. The second-order valence-electron chi connectivity index (χ2n) is 2.99. The van der Waals surface area contributed by atoms with Crippen molar-refractivity contribution in [1.29, 1.82) is 0 Å². The smallest absolute Gasteiger partial charge is 0.231 e. The van der Waals surface area contributed by atoms with Gasteiger partial charge in [-0.2, -0.15) is 5.10 Å². The molecule has 0 saturated heterocycles. The SMILES string of the molecule is CN(CC(N)=O)Cc1ccc(Cl)nn1. The van der Waals surface area contributed by atoms with Crippen LogP contribution in [0.1, 0.15) is 5.69 Å². The lowest BCUT2D eigenvalue weighted by molar-refractivity contribution is -0.118. The van der Waals surface area contributed by atoms with Crippen molar-refractivity contribution in [1.82, 2.24) is 15.1 Å². The van der Waals surface area contributed by atoms with E-state index in [4.69, 9.17) is 17.3 Å². The molecule has 0 aliphatic carbocycles. The molecule has 0 aliphatic rings. The van der Waals surface area contributed by atoms with Gasteiger partial charge in [0.05, 0.1) is 12.2 Å². The highest BCUT2D eigenvalue weighted by Crippen LogP contribution is 2.03. The predicted molar refractivity (Wildman–Crippen MR) is 52.6 cm³/mol. The Bertz CT molecular complexity index is 314. The molecule has 1 aromatic heterocycles. The van der Waals surface area contributed by atoms with Gasteiger partial charge < -0.3 is 5.73 Å². The van der Waals surface area contributed by atoms with Gasteiger partial charge in [0.15, 0.2) is 5.15 Å². The minimum absolute atomic E-state index is 0.199. The molecule has 0 radical (unpaired) electrons. The summed E-state index contributed by atoms with van der Waals surface area (Å²) in [6, 6.07) is 3.41. The number of primary amides is 1. The Labute approximate surface area is 86.9 Å². The van der Waals surface area contributed by atoms with Crippen molar-refractivity contribution in [2.75, 3.05) is 13.6 Å². The molecule has 0 spiro atoms. The fraction of sp³-hybridized carbons (Fsp3) is 0.375. The number of nitrogens with zero attached hydrogens (tertiary/aromatic N) is 3. The van der Waals surface area contributed by atoms with Crippen molar-refractivity contribution in [3.8, 4) is 0 Å². The highest BCUT2D eigenvalue weighted by atomic mass is 35.5. The van der Waals surface area contributed by atoms with Crippen LogP contribution in [0, 0.1) is 0 Å². The van der Waals surface area contributed by atoms with Crippen molar-refractivity contribution in [3.63, 3.8) is 0 Å². The van der Waals surface area contributed by atoms with E-state index in [1.54, 1.807) is 24.1 Å². The zero-order valence-electron chi connectivity index (χ0n) is 7.77. The largest absolute Gasteiger partial charge is 0.369 e. The van der Waals surface area contributed by atoms with Gasteiger partial charge in [0.1, 0.15) is 0 Å². The molecule has 0 saturated carbocycles. The summed E-state index contributed by atoms with van der Waals surface area (Å²) in [6.45, 7) is 0.720. The maximum atomic E-state index is 10.6. The molecule has 1 amide bonds. The monoisotopic (exact) mass is 214 g/mol. The van der Waals surface area contributed by atoms with Crippen molar-refractivity contribution >= 4 is 17.5 Å². The number of nitrogens with two attached hydrogens (primary N) is 1. The lowest BCUT2D eigenvalue weighted by atomic mass is 10.3. The lowest BCUT2D eigenvalue weighted by Gasteiger charge is -2.12. The van der Waals surface area contributed by atoms with E-state index in [1.807, 2.05) is 0 Å². The molecular formula is C8H11ClN4O. The Morgan fingerprint density at radius 1 is 1.57 bits per heavy atom. The summed E-state index contributed by atoms with van der Waals surface area (Å²) in [4.78, 5) is 12.3. The molecule has 0 unspecified atom stereocenters.